The van der Waals surface area contributed by atoms with Gasteiger partial charge in [-0.05, 0) is 54.6 Å². The van der Waals surface area contributed by atoms with E-state index in [1.165, 1.54) is 0 Å². The predicted octanol–water partition coefficient (Wildman–Crippen LogP) is 5.81. The van der Waals surface area contributed by atoms with Crippen molar-refractivity contribution < 1.29 is 0 Å². The molecule has 0 fully saturated rings. The van der Waals surface area contributed by atoms with Crippen LogP contribution in [0.15, 0.2) is 91.1 Å². The summed E-state index contributed by atoms with van der Waals surface area (Å²) in [7, 11) is 0. The number of benzene rings is 3. The van der Waals surface area contributed by atoms with Gasteiger partial charge in [0, 0.05) is 23.0 Å². The van der Waals surface area contributed by atoms with Crippen molar-refractivity contribution in [2.75, 3.05) is 0 Å². The third-order valence-corrected chi connectivity index (χ3v) is 6.40. The third kappa shape index (κ3) is 2.74. The molecule has 0 spiro atoms. The quantitative estimate of drug-likeness (QED) is 0.324. The molecule has 0 saturated heterocycles. The minimum absolute atomic E-state index is 0.558. The van der Waals surface area contributed by atoms with Gasteiger partial charge in [0.15, 0.2) is 11.3 Å². The highest BCUT2D eigenvalue weighted by Gasteiger charge is 2.21. The van der Waals surface area contributed by atoms with Gasteiger partial charge in [0.25, 0.3) is 0 Å². The average Bonchev–Trinajstić information content (AvgIpc) is 3.44. The molecule has 0 N–H and O–H groups in total. The van der Waals surface area contributed by atoms with E-state index in [1.54, 1.807) is 18.3 Å². The molecular weight excluding hydrogens is 446 g/mol. The van der Waals surface area contributed by atoms with E-state index in [4.69, 9.17) is 9.97 Å². The highest BCUT2D eigenvalue weighted by molar-refractivity contribution is 6.11. The second-order valence-electron chi connectivity index (χ2n) is 8.45. The molecule has 0 aliphatic heterocycles. The van der Waals surface area contributed by atoms with E-state index < -0.39 is 0 Å². The van der Waals surface area contributed by atoms with Crippen LogP contribution in [0.2, 0.25) is 0 Å². The monoisotopic (exact) mass is 461 g/mol. The summed E-state index contributed by atoms with van der Waals surface area (Å²) < 4.78 is 4.04. The van der Waals surface area contributed by atoms with E-state index in [-0.39, 0.29) is 0 Å². The van der Waals surface area contributed by atoms with Gasteiger partial charge in [-0.25, -0.2) is 9.97 Å². The molecule has 0 radical (unpaired) electrons. The summed E-state index contributed by atoms with van der Waals surface area (Å²) in [5, 5.41) is 19.9. The predicted molar refractivity (Wildman–Crippen MR) is 138 cm³/mol. The van der Waals surface area contributed by atoms with Crippen LogP contribution in [0.1, 0.15) is 11.1 Å². The van der Waals surface area contributed by atoms with Gasteiger partial charge in [-0.15, -0.1) is 0 Å². The summed E-state index contributed by atoms with van der Waals surface area (Å²) in [6.07, 6.45) is 1.75. The molecule has 36 heavy (non-hydrogen) atoms. The van der Waals surface area contributed by atoms with Gasteiger partial charge in [0.1, 0.15) is 16.6 Å². The van der Waals surface area contributed by atoms with Crippen LogP contribution in [-0.2, 0) is 0 Å². The van der Waals surface area contributed by atoms with Crippen molar-refractivity contribution in [2.24, 2.45) is 0 Å². The molecule has 0 amide bonds. The topological polar surface area (TPSA) is 96.1 Å². The Labute approximate surface area is 204 Å². The molecule has 0 unspecified atom stereocenters. The summed E-state index contributed by atoms with van der Waals surface area (Å²) >= 11 is 0. The SMILES string of the molecule is N#Cc1cccc(-n2c3ccccc3c3nc4c5ncccc5n(-c5cccc(C#N)c5)c4nc32)c1. The van der Waals surface area contributed by atoms with Crippen molar-refractivity contribution in [3.63, 3.8) is 0 Å². The molecule has 7 nitrogen and oxygen atoms in total. The van der Waals surface area contributed by atoms with Crippen molar-refractivity contribution >= 4 is 44.3 Å². The molecule has 4 aromatic heterocycles. The van der Waals surface area contributed by atoms with Gasteiger partial charge in [-0.2, -0.15) is 10.5 Å². The van der Waals surface area contributed by atoms with Crippen LogP contribution in [0.3, 0.4) is 0 Å². The molecule has 166 valence electrons. The van der Waals surface area contributed by atoms with Gasteiger partial charge in [-0.3, -0.25) is 14.1 Å². The van der Waals surface area contributed by atoms with Crippen molar-refractivity contribution in [1.82, 2.24) is 24.1 Å². The van der Waals surface area contributed by atoms with Crippen LogP contribution in [0.4, 0.5) is 0 Å². The number of aromatic nitrogens is 5. The summed E-state index contributed by atoms with van der Waals surface area (Å²) in [6, 6.07) is 31.2. The second kappa shape index (κ2) is 7.49. The maximum Gasteiger partial charge on any atom is 0.168 e. The number of rotatable bonds is 2. The molecule has 3 aromatic carbocycles. The van der Waals surface area contributed by atoms with Crippen LogP contribution < -0.4 is 0 Å². The van der Waals surface area contributed by atoms with Crippen LogP contribution in [0.25, 0.3) is 55.6 Å². The van der Waals surface area contributed by atoms with E-state index in [9.17, 15) is 10.5 Å². The van der Waals surface area contributed by atoms with Crippen LogP contribution in [0, 0.1) is 22.7 Å². The first-order chi connectivity index (χ1) is 17.8. The zero-order valence-corrected chi connectivity index (χ0v) is 18.8. The molecule has 7 aromatic rings. The number of hydrogen-bond donors (Lipinski definition) is 0. The summed E-state index contributed by atoms with van der Waals surface area (Å²) in [5.41, 5.74) is 8.10. The van der Waals surface area contributed by atoms with Gasteiger partial charge in [0.05, 0.1) is 34.3 Å². The maximum absolute atomic E-state index is 9.49. The number of para-hydroxylation sites is 1. The Morgan fingerprint density at radius 3 is 1.94 bits per heavy atom. The molecule has 0 bridgehead atoms. The fourth-order valence-electron chi connectivity index (χ4n) is 4.88. The number of fused-ring (bicyclic) bond motifs is 6. The molecule has 7 heteroatoms. The van der Waals surface area contributed by atoms with Gasteiger partial charge < -0.3 is 0 Å². The van der Waals surface area contributed by atoms with E-state index in [2.05, 4.69) is 17.1 Å². The second-order valence-corrected chi connectivity index (χ2v) is 8.45. The molecular formula is C29H15N7. The number of pyridine rings is 1. The van der Waals surface area contributed by atoms with Crippen molar-refractivity contribution in [1.29, 1.82) is 10.5 Å². The molecule has 0 aliphatic carbocycles. The van der Waals surface area contributed by atoms with E-state index >= 15 is 0 Å². The molecule has 4 heterocycles. The molecule has 0 aliphatic rings. The first kappa shape index (κ1) is 19.9. The first-order valence-corrected chi connectivity index (χ1v) is 11.3. The summed E-state index contributed by atoms with van der Waals surface area (Å²) in [5.74, 6) is 0. The lowest BCUT2D eigenvalue weighted by molar-refractivity contribution is 1.10. The van der Waals surface area contributed by atoms with E-state index in [0.717, 1.165) is 38.8 Å². The summed E-state index contributed by atoms with van der Waals surface area (Å²) in [4.78, 5) is 14.9. The highest BCUT2D eigenvalue weighted by Crippen LogP contribution is 2.35. The fourth-order valence-corrected chi connectivity index (χ4v) is 4.88. The lowest BCUT2D eigenvalue weighted by Crippen LogP contribution is -2.00. The number of hydrogen-bond acceptors (Lipinski definition) is 5. The highest BCUT2D eigenvalue weighted by atomic mass is 15.1. The zero-order chi connectivity index (χ0) is 24.2. The van der Waals surface area contributed by atoms with Gasteiger partial charge >= 0.3 is 0 Å². The minimum Gasteiger partial charge on any atom is -0.292 e. The summed E-state index contributed by atoms with van der Waals surface area (Å²) in [6.45, 7) is 0. The lowest BCUT2D eigenvalue weighted by atomic mass is 10.2. The van der Waals surface area contributed by atoms with Gasteiger partial charge in [-0.1, -0.05) is 30.3 Å². The zero-order valence-electron chi connectivity index (χ0n) is 18.8. The van der Waals surface area contributed by atoms with Crippen LogP contribution >= 0.6 is 0 Å². The van der Waals surface area contributed by atoms with E-state index in [0.29, 0.717) is 27.9 Å². The van der Waals surface area contributed by atoms with Crippen molar-refractivity contribution in [3.8, 4) is 23.5 Å². The molecule has 0 saturated carbocycles. The Kier molecular flexibility index (Phi) is 4.14. The maximum atomic E-state index is 9.49. The minimum atomic E-state index is 0.558. The Balaban J connectivity index is 1.67. The third-order valence-electron chi connectivity index (χ3n) is 6.40. The standard InChI is InChI=1S/C29H15N7/c30-16-18-6-3-8-20(14-18)35-23-11-2-1-10-22(23)25-28(35)34-29-27(33-25)26-24(12-5-13-32-26)36(29)21-9-4-7-19(15-21)17-31/h1-15H. The van der Waals surface area contributed by atoms with Crippen molar-refractivity contribution in [2.45, 2.75) is 0 Å². The Hall–Kier alpha value is -5.53. The Morgan fingerprint density at radius 1 is 0.583 bits per heavy atom. The lowest BCUT2D eigenvalue weighted by Gasteiger charge is -2.09. The Morgan fingerprint density at radius 2 is 1.22 bits per heavy atom. The van der Waals surface area contributed by atoms with E-state index in [1.807, 2.05) is 81.9 Å². The first-order valence-electron chi connectivity index (χ1n) is 11.3. The van der Waals surface area contributed by atoms with Crippen molar-refractivity contribution in [3.05, 3.63) is 102 Å². The fraction of sp³-hybridized carbons (Fsp3) is 0. The van der Waals surface area contributed by atoms with Crippen LogP contribution in [0.5, 0.6) is 0 Å². The largest absolute Gasteiger partial charge is 0.292 e. The molecule has 0 atom stereocenters. The number of nitrogens with zero attached hydrogens (tertiary/aromatic N) is 7. The Bertz CT molecular complexity index is 1940. The van der Waals surface area contributed by atoms with Crippen LogP contribution in [-0.4, -0.2) is 24.1 Å². The smallest absolute Gasteiger partial charge is 0.168 e. The average molecular weight is 461 g/mol. The molecule has 7 rings (SSSR count). The number of nitriles is 2. The normalized spacial score (nSPS) is 11.3. The van der Waals surface area contributed by atoms with Gasteiger partial charge in [0.2, 0.25) is 0 Å².